The van der Waals surface area contributed by atoms with Crippen LogP contribution in [-0.2, 0) is 4.74 Å². The lowest BCUT2D eigenvalue weighted by Gasteiger charge is -2.10. The highest BCUT2D eigenvalue weighted by molar-refractivity contribution is 9.10. The number of carbonyl (C=O) groups excluding carboxylic acids is 1. The molecule has 0 amide bonds. The summed E-state index contributed by atoms with van der Waals surface area (Å²) in [5.41, 5.74) is -1.10. The number of halogens is 3. The van der Waals surface area contributed by atoms with Gasteiger partial charge in [-0.2, -0.15) is 0 Å². The van der Waals surface area contributed by atoms with Gasteiger partial charge in [0.2, 0.25) is 5.75 Å². The van der Waals surface area contributed by atoms with Gasteiger partial charge in [-0.1, -0.05) is 0 Å². The highest BCUT2D eigenvalue weighted by Crippen LogP contribution is 2.38. The van der Waals surface area contributed by atoms with Crippen molar-refractivity contribution in [1.29, 1.82) is 0 Å². The van der Waals surface area contributed by atoms with Gasteiger partial charge in [0.25, 0.3) is 6.43 Å². The first-order chi connectivity index (χ1) is 8.88. The summed E-state index contributed by atoms with van der Waals surface area (Å²) in [6.07, 6.45) is -2.80. The van der Waals surface area contributed by atoms with E-state index in [1.807, 2.05) is 0 Å². The Bertz CT molecular complexity index is 509. The van der Waals surface area contributed by atoms with Gasteiger partial charge in [0, 0.05) is 0 Å². The fourth-order valence-corrected chi connectivity index (χ4v) is 1.72. The lowest BCUT2D eigenvalue weighted by Crippen LogP contribution is -2.12. The molecule has 0 saturated carbocycles. The summed E-state index contributed by atoms with van der Waals surface area (Å²) < 4.78 is 33.4. The second-order valence-corrected chi connectivity index (χ2v) is 4.08. The third-order valence-corrected chi connectivity index (χ3v) is 2.65. The topological polar surface area (TPSA) is 78.7 Å². The second kappa shape index (κ2) is 6.41. The number of rotatable bonds is 5. The van der Waals surface area contributed by atoms with Crippen molar-refractivity contribution in [2.24, 2.45) is 0 Å². The van der Waals surface area contributed by atoms with Gasteiger partial charge in [-0.05, 0) is 28.1 Å². The summed E-state index contributed by atoms with van der Waals surface area (Å²) in [5.74, 6) is -1.39. The molecule has 0 unspecified atom stereocenters. The molecule has 0 aliphatic carbocycles. The molecule has 1 aromatic carbocycles. The number of hydrogen-bond donors (Lipinski definition) is 0. The summed E-state index contributed by atoms with van der Waals surface area (Å²) in [6, 6.07) is 2.42. The molecule has 9 heteroatoms. The van der Waals surface area contributed by atoms with Crippen LogP contribution >= 0.6 is 15.9 Å². The summed E-state index contributed by atoms with van der Waals surface area (Å²) in [7, 11) is 1.05. The zero-order valence-electron chi connectivity index (χ0n) is 9.56. The van der Waals surface area contributed by atoms with Gasteiger partial charge in [-0.3, -0.25) is 10.1 Å². The summed E-state index contributed by atoms with van der Waals surface area (Å²) in [6.45, 7) is -1.02. The Hall–Kier alpha value is -1.77. The quantitative estimate of drug-likeness (QED) is 0.468. The standard InChI is InChI=1S/C10H8BrF2NO5/c1-18-10(15)5-2-3-6(11)9(8(5)14(16)17)19-4-7(12)13/h2-3,7H,4H2,1H3. The molecular formula is C10H8BrF2NO5. The summed E-state index contributed by atoms with van der Waals surface area (Å²) >= 11 is 2.94. The minimum atomic E-state index is -2.80. The molecular weight excluding hydrogens is 332 g/mol. The fourth-order valence-electron chi connectivity index (χ4n) is 1.29. The van der Waals surface area contributed by atoms with E-state index in [2.05, 4.69) is 25.4 Å². The number of ether oxygens (including phenoxy) is 2. The molecule has 0 aliphatic rings. The molecule has 0 saturated heterocycles. The first kappa shape index (κ1) is 15.3. The molecule has 0 radical (unpaired) electrons. The van der Waals surface area contributed by atoms with Gasteiger partial charge < -0.3 is 9.47 Å². The van der Waals surface area contributed by atoms with Crippen molar-refractivity contribution in [2.75, 3.05) is 13.7 Å². The number of methoxy groups -OCH3 is 1. The second-order valence-electron chi connectivity index (χ2n) is 3.22. The molecule has 19 heavy (non-hydrogen) atoms. The van der Waals surface area contributed by atoms with Crippen molar-refractivity contribution >= 4 is 27.6 Å². The van der Waals surface area contributed by atoms with Crippen molar-refractivity contribution in [2.45, 2.75) is 6.43 Å². The highest BCUT2D eigenvalue weighted by Gasteiger charge is 2.29. The van der Waals surface area contributed by atoms with Gasteiger partial charge in [0.15, 0.2) is 0 Å². The van der Waals surface area contributed by atoms with Crippen LogP contribution in [0.5, 0.6) is 5.75 Å². The number of benzene rings is 1. The lowest BCUT2D eigenvalue weighted by atomic mass is 10.1. The van der Waals surface area contributed by atoms with Gasteiger partial charge in [0.1, 0.15) is 12.2 Å². The van der Waals surface area contributed by atoms with Gasteiger partial charge in [-0.25, -0.2) is 13.6 Å². The van der Waals surface area contributed by atoms with E-state index in [1.54, 1.807) is 0 Å². The van der Waals surface area contributed by atoms with E-state index in [4.69, 9.17) is 0 Å². The van der Waals surface area contributed by atoms with Crippen LogP contribution < -0.4 is 4.74 Å². The van der Waals surface area contributed by atoms with Crippen molar-refractivity contribution in [3.8, 4) is 5.75 Å². The third-order valence-electron chi connectivity index (χ3n) is 2.02. The molecule has 0 spiro atoms. The Kier molecular flexibility index (Phi) is 5.16. The van der Waals surface area contributed by atoms with E-state index in [-0.39, 0.29) is 10.0 Å². The fraction of sp³-hybridized carbons (Fsp3) is 0.300. The number of carbonyl (C=O) groups is 1. The average Bonchev–Trinajstić information content (AvgIpc) is 2.35. The van der Waals surface area contributed by atoms with Crippen molar-refractivity contribution in [3.05, 3.63) is 32.3 Å². The molecule has 1 rings (SSSR count). The van der Waals surface area contributed by atoms with Gasteiger partial charge >= 0.3 is 11.7 Å². The minimum absolute atomic E-state index is 0.0903. The number of nitrogens with zero attached hydrogens (tertiary/aromatic N) is 1. The molecule has 0 heterocycles. The van der Waals surface area contributed by atoms with E-state index in [1.165, 1.54) is 6.07 Å². The first-order valence-corrected chi connectivity index (χ1v) is 5.64. The maximum absolute atomic E-state index is 12.1. The Labute approximate surface area is 114 Å². The molecule has 0 N–H and O–H groups in total. The van der Waals surface area contributed by atoms with Gasteiger partial charge in [-0.15, -0.1) is 0 Å². The average molecular weight is 340 g/mol. The molecule has 0 aliphatic heterocycles. The number of hydrogen-bond acceptors (Lipinski definition) is 5. The van der Waals surface area contributed by atoms with Crippen molar-refractivity contribution in [3.63, 3.8) is 0 Å². The summed E-state index contributed by atoms with van der Waals surface area (Å²) in [4.78, 5) is 21.5. The zero-order chi connectivity index (χ0) is 14.6. The molecule has 0 bridgehead atoms. The predicted octanol–water partition coefficient (Wildman–Crippen LogP) is 2.79. The normalized spacial score (nSPS) is 10.4. The largest absolute Gasteiger partial charge is 0.480 e. The Balaban J connectivity index is 3.33. The van der Waals surface area contributed by atoms with Crippen LogP contribution in [0.25, 0.3) is 0 Å². The minimum Gasteiger partial charge on any atom is -0.480 e. The Morgan fingerprint density at radius 2 is 2.16 bits per heavy atom. The first-order valence-electron chi connectivity index (χ1n) is 4.84. The zero-order valence-corrected chi connectivity index (χ0v) is 11.1. The summed E-state index contributed by atoms with van der Waals surface area (Å²) in [5, 5.41) is 11.0. The van der Waals surface area contributed by atoms with Crippen LogP contribution in [0.2, 0.25) is 0 Å². The van der Waals surface area contributed by atoms with Crippen LogP contribution in [0.3, 0.4) is 0 Å². The van der Waals surface area contributed by atoms with Crippen LogP contribution in [0.1, 0.15) is 10.4 Å². The van der Waals surface area contributed by atoms with Crippen molar-refractivity contribution in [1.82, 2.24) is 0 Å². The predicted molar refractivity (Wildman–Crippen MR) is 63.6 cm³/mol. The van der Waals surface area contributed by atoms with E-state index in [9.17, 15) is 23.7 Å². The highest BCUT2D eigenvalue weighted by atomic mass is 79.9. The lowest BCUT2D eigenvalue weighted by molar-refractivity contribution is -0.386. The van der Waals surface area contributed by atoms with Gasteiger partial charge in [0.05, 0.1) is 16.5 Å². The smallest absolute Gasteiger partial charge is 0.345 e. The van der Waals surface area contributed by atoms with Crippen molar-refractivity contribution < 1.29 is 28.0 Å². The number of esters is 1. The third kappa shape index (κ3) is 3.60. The Morgan fingerprint density at radius 1 is 1.53 bits per heavy atom. The Morgan fingerprint density at radius 3 is 2.63 bits per heavy atom. The maximum Gasteiger partial charge on any atom is 0.345 e. The van der Waals surface area contributed by atoms with Crippen LogP contribution in [0, 0.1) is 10.1 Å². The molecule has 1 aromatic rings. The van der Waals surface area contributed by atoms with Crippen LogP contribution in [0.15, 0.2) is 16.6 Å². The van der Waals surface area contributed by atoms with E-state index < -0.39 is 35.4 Å². The molecule has 6 nitrogen and oxygen atoms in total. The monoisotopic (exact) mass is 339 g/mol. The molecule has 0 aromatic heterocycles. The van der Waals surface area contributed by atoms with Crippen LogP contribution in [0.4, 0.5) is 14.5 Å². The number of nitro benzene ring substituents is 1. The maximum atomic E-state index is 12.1. The number of alkyl halides is 2. The molecule has 104 valence electrons. The SMILES string of the molecule is COC(=O)c1ccc(Br)c(OCC(F)F)c1[N+](=O)[O-]. The molecule has 0 fully saturated rings. The van der Waals surface area contributed by atoms with Crippen LogP contribution in [-0.4, -0.2) is 31.0 Å². The van der Waals surface area contributed by atoms with E-state index >= 15 is 0 Å². The van der Waals surface area contributed by atoms with E-state index in [0.717, 1.165) is 13.2 Å². The van der Waals surface area contributed by atoms with E-state index in [0.29, 0.717) is 0 Å². The molecule has 0 atom stereocenters. The number of nitro groups is 1.